The van der Waals surface area contributed by atoms with Gasteiger partial charge in [0.15, 0.2) is 0 Å². The maximum atomic E-state index is 12.5. The Balaban J connectivity index is 1.41. The predicted molar refractivity (Wildman–Crippen MR) is 90.3 cm³/mol. The molecule has 130 valence electrons. The number of ether oxygens (including phenoxy) is 1. The second kappa shape index (κ2) is 7.21. The molecule has 0 saturated carbocycles. The van der Waals surface area contributed by atoms with Crippen LogP contribution < -0.4 is 10.6 Å². The van der Waals surface area contributed by atoms with Gasteiger partial charge in [-0.25, -0.2) is 4.79 Å². The molecule has 6 heteroatoms. The van der Waals surface area contributed by atoms with Gasteiger partial charge in [-0.15, -0.1) is 0 Å². The minimum Gasteiger partial charge on any atom is -0.445 e. The quantitative estimate of drug-likeness (QED) is 0.877. The van der Waals surface area contributed by atoms with E-state index < -0.39 is 12.1 Å². The topological polar surface area (TPSA) is 70.7 Å². The van der Waals surface area contributed by atoms with Crippen LogP contribution in [0.1, 0.15) is 25.3 Å². The molecule has 1 aromatic rings. The summed E-state index contributed by atoms with van der Waals surface area (Å²) >= 11 is 0. The number of rotatable bonds is 4. The number of carbonyl (C=O) groups excluding carboxylic acids is 2. The van der Waals surface area contributed by atoms with Crippen molar-refractivity contribution in [1.29, 1.82) is 0 Å². The van der Waals surface area contributed by atoms with E-state index in [1.807, 2.05) is 35.2 Å². The van der Waals surface area contributed by atoms with Crippen molar-refractivity contribution in [3.05, 3.63) is 35.9 Å². The van der Waals surface area contributed by atoms with Crippen LogP contribution in [0.15, 0.2) is 30.3 Å². The van der Waals surface area contributed by atoms with Crippen molar-refractivity contribution in [3.8, 4) is 0 Å². The van der Waals surface area contributed by atoms with Gasteiger partial charge in [0.2, 0.25) is 5.91 Å². The molecular formula is C18H25N3O3. The molecule has 2 aliphatic heterocycles. The molecule has 0 radical (unpaired) electrons. The standard InChI is InChI=1S/C18H25N3O3/c1-14(20-17(23)24-11-15-5-3-2-4-6-15)16(22)21-9-7-18(8-10-21)12-19-13-18/h2-6,14,19H,7-13H2,1H3,(H,20,23)/t14-/m1/s1. The molecule has 2 heterocycles. The van der Waals surface area contributed by atoms with Gasteiger partial charge < -0.3 is 20.3 Å². The van der Waals surface area contributed by atoms with Crippen molar-refractivity contribution >= 4 is 12.0 Å². The first-order valence-electron chi connectivity index (χ1n) is 8.55. The molecule has 2 amide bonds. The number of likely N-dealkylation sites (tertiary alicyclic amines) is 1. The molecule has 3 rings (SSSR count). The van der Waals surface area contributed by atoms with Gasteiger partial charge in [0.25, 0.3) is 0 Å². The van der Waals surface area contributed by atoms with Gasteiger partial charge in [0.1, 0.15) is 12.6 Å². The normalized spacial score (nSPS) is 20.1. The molecule has 0 aliphatic carbocycles. The molecule has 0 unspecified atom stereocenters. The highest BCUT2D eigenvalue weighted by molar-refractivity contribution is 5.85. The monoisotopic (exact) mass is 331 g/mol. The third kappa shape index (κ3) is 3.87. The van der Waals surface area contributed by atoms with Crippen LogP contribution in [0.5, 0.6) is 0 Å². The van der Waals surface area contributed by atoms with Gasteiger partial charge in [-0.1, -0.05) is 30.3 Å². The maximum Gasteiger partial charge on any atom is 0.408 e. The summed E-state index contributed by atoms with van der Waals surface area (Å²) in [7, 11) is 0. The summed E-state index contributed by atoms with van der Waals surface area (Å²) in [4.78, 5) is 26.2. The second-order valence-electron chi connectivity index (χ2n) is 6.86. The van der Waals surface area contributed by atoms with Crippen LogP contribution in [-0.2, 0) is 16.1 Å². The molecular weight excluding hydrogens is 306 g/mol. The zero-order chi connectivity index (χ0) is 17.0. The molecule has 2 fully saturated rings. The number of nitrogens with one attached hydrogen (secondary N) is 2. The lowest BCUT2D eigenvalue weighted by Gasteiger charge is -2.48. The van der Waals surface area contributed by atoms with Crippen LogP contribution in [0.3, 0.4) is 0 Å². The zero-order valence-corrected chi connectivity index (χ0v) is 14.1. The summed E-state index contributed by atoms with van der Waals surface area (Å²) in [5.41, 5.74) is 1.32. The Bertz CT molecular complexity index is 576. The fraction of sp³-hybridized carbons (Fsp3) is 0.556. The molecule has 2 N–H and O–H groups in total. The van der Waals surface area contributed by atoms with Crippen LogP contribution in [0.25, 0.3) is 0 Å². The minimum absolute atomic E-state index is 0.0335. The van der Waals surface area contributed by atoms with Crippen molar-refractivity contribution in [1.82, 2.24) is 15.5 Å². The zero-order valence-electron chi connectivity index (χ0n) is 14.1. The second-order valence-corrected chi connectivity index (χ2v) is 6.86. The van der Waals surface area contributed by atoms with E-state index in [2.05, 4.69) is 10.6 Å². The predicted octanol–water partition coefficient (Wildman–Crippen LogP) is 1.51. The highest BCUT2D eigenvalue weighted by Gasteiger charge is 2.41. The molecule has 0 aromatic heterocycles. The number of hydrogen-bond acceptors (Lipinski definition) is 4. The van der Waals surface area contributed by atoms with Crippen molar-refractivity contribution < 1.29 is 14.3 Å². The van der Waals surface area contributed by atoms with Gasteiger partial charge in [-0.2, -0.15) is 0 Å². The summed E-state index contributed by atoms with van der Waals surface area (Å²) in [5.74, 6) is -0.0335. The Kier molecular flexibility index (Phi) is 5.04. The summed E-state index contributed by atoms with van der Waals surface area (Å²) in [6, 6.07) is 8.91. The number of benzene rings is 1. The summed E-state index contributed by atoms with van der Waals surface area (Å²) < 4.78 is 5.17. The number of amides is 2. The molecule has 2 saturated heterocycles. The van der Waals surface area contributed by atoms with Crippen LogP contribution in [0, 0.1) is 5.41 Å². The third-order valence-corrected chi connectivity index (χ3v) is 5.05. The van der Waals surface area contributed by atoms with E-state index in [4.69, 9.17) is 4.74 Å². The molecule has 2 aliphatic rings. The molecule has 0 bridgehead atoms. The van der Waals surface area contributed by atoms with Crippen molar-refractivity contribution in [3.63, 3.8) is 0 Å². The van der Waals surface area contributed by atoms with E-state index in [0.29, 0.717) is 5.41 Å². The number of carbonyl (C=O) groups is 2. The average molecular weight is 331 g/mol. The van der Waals surface area contributed by atoms with E-state index in [-0.39, 0.29) is 12.5 Å². The lowest BCUT2D eigenvalue weighted by Crippen LogP contribution is -2.60. The van der Waals surface area contributed by atoms with E-state index in [9.17, 15) is 9.59 Å². The third-order valence-electron chi connectivity index (χ3n) is 5.05. The minimum atomic E-state index is -0.568. The van der Waals surface area contributed by atoms with E-state index >= 15 is 0 Å². The first-order valence-corrected chi connectivity index (χ1v) is 8.55. The maximum absolute atomic E-state index is 12.5. The van der Waals surface area contributed by atoms with Crippen molar-refractivity contribution in [2.24, 2.45) is 5.41 Å². The molecule has 24 heavy (non-hydrogen) atoms. The lowest BCUT2D eigenvalue weighted by molar-refractivity contribution is -0.135. The number of hydrogen-bond donors (Lipinski definition) is 2. The summed E-state index contributed by atoms with van der Waals surface area (Å²) in [6.07, 6.45) is 1.52. The van der Waals surface area contributed by atoms with Gasteiger partial charge in [0.05, 0.1) is 0 Å². The molecule has 1 atom stereocenters. The van der Waals surface area contributed by atoms with Crippen molar-refractivity contribution in [2.45, 2.75) is 32.4 Å². The Morgan fingerprint density at radius 2 is 1.92 bits per heavy atom. The SMILES string of the molecule is C[C@@H](NC(=O)OCc1ccccc1)C(=O)N1CCC2(CC1)CNC2. The van der Waals surface area contributed by atoms with Crippen molar-refractivity contribution in [2.75, 3.05) is 26.2 Å². The molecule has 1 spiro atoms. The fourth-order valence-corrected chi connectivity index (χ4v) is 3.31. The van der Waals surface area contributed by atoms with E-state index in [0.717, 1.165) is 44.6 Å². The van der Waals surface area contributed by atoms with E-state index in [1.165, 1.54) is 0 Å². The number of alkyl carbamates (subject to hydrolysis) is 1. The van der Waals surface area contributed by atoms with Gasteiger partial charge in [0, 0.05) is 26.2 Å². The van der Waals surface area contributed by atoms with Gasteiger partial charge in [-0.05, 0) is 30.7 Å². The number of piperidine rings is 1. The Labute approximate surface area is 142 Å². The lowest BCUT2D eigenvalue weighted by atomic mass is 9.73. The Morgan fingerprint density at radius 3 is 2.50 bits per heavy atom. The Hall–Kier alpha value is -2.08. The highest BCUT2D eigenvalue weighted by atomic mass is 16.5. The first-order chi connectivity index (χ1) is 11.6. The summed E-state index contributed by atoms with van der Waals surface area (Å²) in [5, 5.41) is 5.95. The van der Waals surface area contributed by atoms with Crippen LogP contribution in [-0.4, -0.2) is 49.1 Å². The largest absolute Gasteiger partial charge is 0.445 e. The highest BCUT2D eigenvalue weighted by Crippen LogP contribution is 2.34. The fourth-order valence-electron chi connectivity index (χ4n) is 3.31. The molecule has 6 nitrogen and oxygen atoms in total. The average Bonchev–Trinajstić information content (AvgIpc) is 2.59. The molecule has 1 aromatic carbocycles. The van der Waals surface area contributed by atoms with Gasteiger partial charge in [-0.3, -0.25) is 4.79 Å². The smallest absolute Gasteiger partial charge is 0.408 e. The van der Waals surface area contributed by atoms with E-state index in [1.54, 1.807) is 6.92 Å². The van der Waals surface area contributed by atoms with Crippen LogP contribution >= 0.6 is 0 Å². The summed E-state index contributed by atoms with van der Waals surface area (Å²) in [6.45, 7) is 5.58. The number of nitrogens with zero attached hydrogens (tertiary/aromatic N) is 1. The first kappa shape index (κ1) is 16.8. The van der Waals surface area contributed by atoms with Crippen LogP contribution in [0.2, 0.25) is 0 Å². The van der Waals surface area contributed by atoms with Gasteiger partial charge >= 0.3 is 6.09 Å². The van der Waals surface area contributed by atoms with Crippen LogP contribution in [0.4, 0.5) is 4.79 Å². The Morgan fingerprint density at radius 1 is 1.25 bits per heavy atom.